The highest BCUT2D eigenvalue weighted by Gasteiger charge is 2.06. The largest absolute Gasteiger partial charge is 0.383 e. The first-order valence-electron chi connectivity index (χ1n) is 7.45. The molecule has 0 bridgehead atoms. The van der Waals surface area contributed by atoms with Crippen molar-refractivity contribution < 1.29 is 4.74 Å². The van der Waals surface area contributed by atoms with Crippen LogP contribution in [-0.4, -0.2) is 35.2 Å². The van der Waals surface area contributed by atoms with Gasteiger partial charge in [-0.2, -0.15) is 4.98 Å². The van der Waals surface area contributed by atoms with E-state index in [0.29, 0.717) is 19.1 Å². The maximum absolute atomic E-state index is 5.04. The molecule has 3 aromatic rings. The van der Waals surface area contributed by atoms with Gasteiger partial charge in [0, 0.05) is 37.0 Å². The van der Waals surface area contributed by atoms with Gasteiger partial charge in [-0.05, 0) is 19.1 Å². The van der Waals surface area contributed by atoms with Crippen LogP contribution in [0.1, 0.15) is 5.69 Å². The zero-order valence-corrected chi connectivity index (χ0v) is 13.2. The number of rotatable bonds is 6. The molecule has 2 aromatic heterocycles. The molecule has 1 aromatic carbocycles. The third-order valence-electron chi connectivity index (χ3n) is 3.35. The molecule has 118 valence electrons. The van der Waals surface area contributed by atoms with E-state index in [2.05, 4.69) is 25.6 Å². The molecule has 0 amide bonds. The zero-order chi connectivity index (χ0) is 16.1. The lowest BCUT2D eigenvalue weighted by atomic mass is 10.2. The average Bonchev–Trinajstić information content (AvgIpc) is 2.55. The summed E-state index contributed by atoms with van der Waals surface area (Å²) in [6.45, 7) is 3.26. The molecule has 0 aliphatic rings. The van der Waals surface area contributed by atoms with E-state index >= 15 is 0 Å². The lowest BCUT2D eigenvalue weighted by molar-refractivity contribution is 0.210. The summed E-state index contributed by atoms with van der Waals surface area (Å²) in [6, 6.07) is 11.8. The van der Waals surface area contributed by atoms with E-state index in [1.54, 1.807) is 13.3 Å². The van der Waals surface area contributed by atoms with Gasteiger partial charge in [0.15, 0.2) is 0 Å². The Bertz CT molecular complexity index is 801. The number of aromatic nitrogens is 3. The number of fused-ring (bicyclic) bond motifs is 1. The Balaban J connectivity index is 1.86. The number of nitrogens with zero attached hydrogens (tertiary/aromatic N) is 3. The first-order chi connectivity index (χ1) is 11.3. The summed E-state index contributed by atoms with van der Waals surface area (Å²) in [6.07, 6.45) is 1.78. The molecule has 0 saturated heterocycles. The van der Waals surface area contributed by atoms with Gasteiger partial charge in [-0.25, -0.2) is 4.98 Å². The number of methoxy groups -OCH3 is 1. The van der Waals surface area contributed by atoms with Gasteiger partial charge in [-0.3, -0.25) is 4.98 Å². The molecule has 23 heavy (non-hydrogen) atoms. The molecule has 2 N–H and O–H groups in total. The monoisotopic (exact) mass is 309 g/mol. The zero-order valence-electron chi connectivity index (χ0n) is 13.2. The summed E-state index contributed by atoms with van der Waals surface area (Å²) < 4.78 is 5.04. The Morgan fingerprint density at radius 3 is 2.87 bits per heavy atom. The van der Waals surface area contributed by atoms with Gasteiger partial charge in [0.25, 0.3) is 0 Å². The molecule has 0 aliphatic carbocycles. The smallest absolute Gasteiger partial charge is 0.229 e. The molecular formula is C17H19N5O. The molecule has 0 aliphatic heterocycles. The summed E-state index contributed by atoms with van der Waals surface area (Å²) in [7, 11) is 1.67. The first kappa shape index (κ1) is 15.2. The standard InChI is InChI=1S/C17H19N5O/c1-12-11-15(18-9-10-23-2)22-17(20-12)21-14-7-3-5-13-6-4-8-19-16(13)14/h3-8,11H,9-10H2,1-2H3,(H2,18,20,21,22). The van der Waals surface area contributed by atoms with E-state index in [0.717, 1.165) is 28.1 Å². The van der Waals surface area contributed by atoms with E-state index < -0.39 is 0 Å². The van der Waals surface area contributed by atoms with Gasteiger partial charge in [-0.15, -0.1) is 0 Å². The minimum atomic E-state index is 0.545. The van der Waals surface area contributed by atoms with Crippen LogP contribution in [0.15, 0.2) is 42.6 Å². The second-order valence-electron chi connectivity index (χ2n) is 5.14. The van der Waals surface area contributed by atoms with Crippen LogP contribution in [-0.2, 0) is 4.74 Å². The minimum absolute atomic E-state index is 0.545. The molecule has 0 spiro atoms. The van der Waals surface area contributed by atoms with Crippen molar-refractivity contribution in [3.05, 3.63) is 48.3 Å². The van der Waals surface area contributed by atoms with Crippen molar-refractivity contribution in [2.75, 3.05) is 30.9 Å². The second-order valence-corrected chi connectivity index (χ2v) is 5.14. The van der Waals surface area contributed by atoms with Crippen molar-refractivity contribution in [1.29, 1.82) is 0 Å². The molecule has 2 heterocycles. The topological polar surface area (TPSA) is 72.0 Å². The van der Waals surface area contributed by atoms with E-state index in [1.807, 2.05) is 43.3 Å². The van der Waals surface area contributed by atoms with Crippen LogP contribution >= 0.6 is 0 Å². The van der Waals surface area contributed by atoms with Gasteiger partial charge in [-0.1, -0.05) is 18.2 Å². The maximum atomic E-state index is 5.04. The summed E-state index contributed by atoms with van der Waals surface area (Å²) >= 11 is 0. The van der Waals surface area contributed by atoms with Crippen molar-refractivity contribution in [3.63, 3.8) is 0 Å². The molecule has 0 saturated carbocycles. The fraction of sp³-hybridized carbons (Fsp3) is 0.235. The van der Waals surface area contributed by atoms with Gasteiger partial charge in [0.05, 0.1) is 17.8 Å². The summed E-state index contributed by atoms with van der Waals surface area (Å²) in [5.41, 5.74) is 2.67. The number of anilines is 3. The fourth-order valence-corrected chi connectivity index (χ4v) is 2.32. The molecule has 0 radical (unpaired) electrons. The molecule has 6 nitrogen and oxygen atoms in total. The molecule has 3 rings (SSSR count). The van der Waals surface area contributed by atoms with Crippen LogP contribution < -0.4 is 10.6 Å². The average molecular weight is 309 g/mol. The third-order valence-corrected chi connectivity index (χ3v) is 3.35. The van der Waals surface area contributed by atoms with E-state index in [-0.39, 0.29) is 0 Å². The van der Waals surface area contributed by atoms with Crippen LogP contribution in [0.5, 0.6) is 0 Å². The Morgan fingerprint density at radius 1 is 1.13 bits per heavy atom. The number of aryl methyl sites for hydroxylation is 1. The van der Waals surface area contributed by atoms with Gasteiger partial charge in [0.2, 0.25) is 5.95 Å². The Kier molecular flexibility index (Phi) is 4.63. The van der Waals surface area contributed by atoms with Crippen molar-refractivity contribution in [2.24, 2.45) is 0 Å². The normalized spacial score (nSPS) is 10.7. The van der Waals surface area contributed by atoms with E-state index in [1.165, 1.54) is 0 Å². The van der Waals surface area contributed by atoms with Crippen LogP contribution in [0, 0.1) is 6.92 Å². The van der Waals surface area contributed by atoms with Crippen LogP contribution in [0.3, 0.4) is 0 Å². The number of pyridine rings is 1. The maximum Gasteiger partial charge on any atom is 0.229 e. The predicted molar refractivity (Wildman–Crippen MR) is 92.2 cm³/mol. The Hall–Kier alpha value is -2.73. The van der Waals surface area contributed by atoms with Crippen LogP contribution in [0.25, 0.3) is 10.9 Å². The second kappa shape index (κ2) is 7.02. The molecule has 0 unspecified atom stereocenters. The lowest BCUT2D eigenvalue weighted by Gasteiger charge is -2.11. The summed E-state index contributed by atoms with van der Waals surface area (Å²) in [4.78, 5) is 13.4. The summed E-state index contributed by atoms with van der Waals surface area (Å²) in [5.74, 6) is 1.31. The highest BCUT2D eigenvalue weighted by molar-refractivity contribution is 5.91. The number of ether oxygens (including phenoxy) is 1. The van der Waals surface area contributed by atoms with Gasteiger partial charge < -0.3 is 15.4 Å². The molecular weight excluding hydrogens is 290 g/mol. The first-order valence-corrected chi connectivity index (χ1v) is 7.45. The van der Waals surface area contributed by atoms with Gasteiger partial charge in [0.1, 0.15) is 5.82 Å². The van der Waals surface area contributed by atoms with Crippen molar-refractivity contribution in [1.82, 2.24) is 15.0 Å². The quantitative estimate of drug-likeness (QED) is 0.682. The highest BCUT2D eigenvalue weighted by atomic mass is 16.5. The SMILES string of the molecule is COCCNc1cc(C)nc(Nc2cccc3cccnc23)n1. The van der Waals surface area contributed by atoms with E-state index in [9.17, 15) is 0 Å². The van der Waals surface area contributed by atoms with E-state index in [4.69, 9.17) is 4.74 Å². The summed E-state index contributed by atoms with van der Waals surface area (Å²) in [5, 5.41) is 7.55. The van der Waals surface area contributed by atoms with Crippen molar-refractivity contribution >= 4 is 28.4 Å². The third kappa shape index (κ3) is 3.73. The Morgan fingerprint density at radius 2 is 2.00 bits per heavy atom. The molecule has 0 atom stereocenters. The number of hydrogen-bond donors (Lipinski definition) is 2. The lowest BCUT2D eigenvalue weighted by Crippen LogP contribution is -2.10. The van der Waals surface area contributed by atoms with Gasteiger partial charge >= 0.3 is 0 Å². The number of benzene rings is 1. The Labute approximate surface area is 135 Å². The van der Waals surface area contributed by atoms with Crippen LogP contribution in [0.4, 0.5) is 17.5 Å². The fourth-order valence-electron chi connectivity index (χ4n) is 2.32. The molecule has 6 heteroatoms. The van der Waals surface area contributed by atoms with Crippen molar-refractivity contribution in [3.8, 4) is 0 Å². The number of para-hydroxylation sites is 1. The molecule has 0 fully saturated rings. The highest BCUT2D eigenvalue weighted by Crippen LogP contribution is 2.23. The van der Waals surface area contributed by atoms with Crippen molar-refractivity contribution in [2.45, 2.75) is 6.92 Å². The number of nitrogens with one attached hydrogen (secondary N) is 2. The predicted octanol–water partition coefficient (Wildman–Crippen LogP) is 3.14. The number of hydrogen-bond acceptors (Lipinski definition) is 6. The van der Waals surface area contributed by atoms with Crippen LogP contribution in [0.2, 0.25) is 0 Å². The minimum Gasteiger partial charge on any atom is -0.383 e.